The number of nitrogens with zero attached hydrogens (tertiary/aromatic N) is 5. The minimum Gasteiger partial charge on any atom is -0.508 e. The van der Waals surface area contributed by atoms with Crippen molar-refractivity contribution < 1.29 is 19.8 Å². The Morgan fingerprint density at radius 3 is 2.08 bits per heavy atom. The van der Waals surface area contributed by atoms with Crippen LogP contribution in [0.15, 0.2) is 41.1 Å². The molecular weight excluding hydrogens is 512 g/mol. The van der Waals surface area contributed by atoms with Crippen molar-refractivity contribution in [2.45, 2.75) is 50.0 Å². The summed E-state index contributed by atoms with van der Waals surface area (Å²) < 4.78 is 3.31. The second kappa shape index (κ2) is 10.6. The highest BCUT2D eigenvalue weighted by molar-refractivity contribution is 6.32. The molecule has 210 valence electrons. The standard InChI is InChI=1S/C13H17N3O2.C13H18N2O.C2H5NOSi/c1-13-7-15(2)12(18)14-11(13)16(3)10-5-4-8(17)6-9(10)13;1-13-6-7-14(2)12(13)15(3)11-5-4-9(16)8-10(11)13;1-5-3-2-4/h4-6,11,17H,7H2,1-3H3,(H,14,18);4-5,8,12,16H,6-7H2,1-3H3;5H2,1H3/t11?,13-;12?,13-;/m00./s1. The first-order valence-corrected chi connectivity index (χ1v) is 15.3. The quantitative estimate of drug-likeness (QED) is 0.283. The average Bonchev–Trinajstić information content (AvgIpc) is 3.40. The fourth-order valence-corrected chi connectivity index (χ4v) is 6.98. The van der Waals surface area contributed by atoms with Crippen LogP contribution in [0.2, 0.25) is 6.55 Å². The lowest BCUT2D eigenvalue weighted by Gasteiger charge is -2.43. The average molecular weight is 553 g/mol. The molecule has 10 nitrogen and oxygen atoms in total. The Balaban J connectivity index is 0.000000156. The van der Waals surface area contributed by atoms with Crippen LogP contribution in [0.1, 0.15) is 31.4 Å². The number of fused-ring (bicyclic) bond motifs is 6. The van der Waals surface area contributed by atoms with Gasteiger partial charge in [-0.25, -0.2) is 9.59 Å². The van der Waals surface area contributed by atoms with Crippen LogP contribution in [0.25, 0.3) is 0 Å². The van der Waals surface area contributed by atoms with Crippen molar-refractivity contribution in [3.8, 4) is 11.5 Å². The molecule has 2 fully saturated rings. The fourth-order valence-electron chi connectivity index (χ4n) is 6.85. The van der Waals surface area contributed by atoms with E-state index in [0.717, 1.165) is 24.2 Å². The highest BCUT2D eigenvalue weighted by Crippen LogP contribution is 2.51. The van der Waals surface area contributed by atoms with E-state index in [1.807, 2.05) is 31.8 Å². The molecule has 11 heteroatoms. The third-order valence-electron chi connectivity index (χ3n) is 8.67. The van der Waals surface area contributed by atoms with E-state index in [2.05, 4.69) is 52.6 Å². The van der Waals surface area contributed by atoms with Gasteiger partial charge in [0.1, 0.15) is 17.7 Å². The molecule has 0 aliphatic carbocycles. The Morgan fingerprint density at radius 2 is 1.54 bits per heavy atom. The van der Waals surface area contributed by atoms with Gasteiger partial charge in [-0.3, -0.25) is 9.56 Å². The molecule has 2 unspecified atom stereocenters. The van der Waals surface area contributed by atoms with Crippen molar-refractivity contribution in [1.82, 2.24) is 15.1 Å². The van der Waals surface area contributed by atoms with Crippen molar-refractivity contribution in [3.05, 3.63) is 47.5 Å². The smallest absolute Gasteiger partial charge is 0.318 e. The lowest BCUT2D eigenvalue weighted by molar-refractivity contribution is 0.154. The Bertz CT molecular complexity index is 1300. The summed E-state index contributed by atoms with van der Waals surface area (Å²) in [6.07, 6.45) is 2.99. The van der Waals surface area contributed by atoms with E-state index < -0.39 is 0 Å². The van der Waals surface area contributed by atoms with Gasteiger partial charge in [0.2, 0.25) is 6.08 Å². The number of likely N-dealkylation sites (N-methyl/N-ethyl adjacent to an activating group) is 4. The van der Waals surface area contributed by atoms with Gasteiger partial charge in [0.15, 0.2) is 9.68 Å². The first kappa shape index (κ1) is 28.5. The predicted molar refractivity (Wildman–Crippen MR) is 156 cm³/mol. The Morgan fingerprint density at radius 1 is 0.974 bits per heavy atom. The minimum absolute atomic E-state index is 0.0543. The summed E-state index contributed by atoms with van der Waals surface area (Å²) in [6.45, 7) is 8.12. The van der Waals surface area contributed by atoms with Crippen LogP contribution in [0.5, 0.6) is 11.5 Å². The number of isocyanates is 1. The van der Waals surface area contributed by atoms with Crippen molar-refractivity contribution in [2.75, 3.05) is 51.1 Å². The molecule has 0 aromatic heterocycles. The van der Waals surface area contributed by atoms with Crippen LogP contribution in [-0.4, -0.2) is 95.4 Å². The lowest BCUT2D eigenvalue weighted by Crippen LogP contribution is -2.64. The van der Waals surface area contributed by atoms with Gasteiger partial charge in [0.05, 0.1) is 11.6 Å². The van der Waals surface area contributed by atoms with Crippen LogP contribution < -0.4 is 15.1 Å². The molecule has 4 aliphatic rings. The minimum atomic E-state index is -0.385. The highest BCUT2D eigenvalue weighted by Gasteiger charge is 2.53. The summed E-state index contributed by atoms with van der Waals surface area (Å²) in [6, 6.07) is 11.1. The number of hydrogen-bond acceptors (Lipinski definition) is 8. The zero-order chi connectivity index (χ0) is 28.7. The van der Waals surface area contributed by atoms with E-state index in [1.165, 1.54) is 17.3 Å². The van der Waals surface area contributed by atoms with Crippen molar-refractivity contribution in [1.29, 1.82) is 0 Å². The molecule has 0 bridgehead atoms. The van der Waals surface area contributed by atoms with E-state index in [1.54, 1.807) is 30.1 Å². The lowest BCUT2D eigenvalue weighted by atomic mass is 9.80. The number of anilines is 2. The van der Waals surface area contributed by atoms with Gasteiger partial charge in [0.25, 0.3) is 0 Å². The van der Waals surface area contributed by atoms with Crippen LogP contribution in [0.3, 0.4) is 0 Å². The maximum absolute atomic E-state index is 11.8. The summed E-state index contributed by atoms with van der Waals surface area (Å²) in [5, 5.41) is 22.4. The molecule has 39 heavy (non-hydrogen) atoms. The highest BCUT2D eigenvalue weighted by atomic mass is 28.2. The number of carbonyl (C=O) groups is 1. The number of aromatic hydroxyl groups is 2. The second-order valence-electron chi connectivity index (χ2n) is 11.3. The van der Waals surface area contributed by atoms with Crippen molar-refractivity contribution in [3.63, 3.8) is 0 Å². The molecule has 3 N–H and O–H groups in total. The van der Waals surface area contributed by atoms with Crippen molar-refractivity contribution >= 4 is 33.2 Å². The number of carbonyl (C=O) groups excluding carboxylic acids is 2. The van der Waals surface area contributed by atoms with Crippen molar-refractivity contribution in [2.24, 2.45) is 4.66 Å². The summed E-state index contributed by atoms with van der Waals surface area (Å²) in [4.78, 5) is 29.4. The van der Waals surface area contributed by atoms with E-state index >= 15 is 0 Å². The molecule has 0 spiro atoms. The molecule has 0 radical (unpaired) electrons. The second-order valence-corrected chi connectivity index (χ2v) is 12.3. The predicted octanol–water partition coefficient (Wildman–Crippen LogP) is 2.30. The number of likely N-dealkylation sites (tertiary alicyclic amines) is 1. The molecule has 4 heterocycles. The Hall–Kier alpha value is -3.53. The van der Waals surface area contributed by atoms with Crippen LogP contribution in [0, 0.1) is 0 Å². The summed E-state index contributed by atoms with van der Waals surface area (Å²) in [5.74, 6) is 0.646. The van der Waals surface area contributed by atoms with Gasteiger partial charge < -0.3 is 30.2 Å². The SMILES string of the molecule is CN1CC[C@@]2(C)c3cc(O)ccc3N(C)C12.CN1C[C@@]2(C)c3cc(O)ccc3N(C)C2NC1=O.C[SiH2]N=C=O. The maximum Gasteiger partial charge on any atom is 0.318 e. The number of nitrogens with one attached hydrogen (secondary N) is 1. The van der Waals surface area contributed by atoms with E-state index in [-0.39, 0.29) is 38.5 Å². The Kier molecular flexibility index (Phi) is 7.71. The van der Waals surface area contributed by atoms with Gasteiger partial charge in [-0.1, -0.05) is 13.5 Å². The molecule has 4 aliphatic heterocycles. The monoisotopic (exact) mass is 552 g/mol. The number of benzene rings is 2. The van der Waals surface area contributed by atoms with Gasteiger partial charge in [-0.15, -0.1) is 0 Å². The van der Waals surface area contributed by atoms with Gasteiger partial charge in [0, 0.05) is 51.0 Å². The number of rotatable bonds is 1. The number of amides is 2. The van der Waals surface area contributed by atoms with Crippen LogP contribution >= 0.6 is 0 Å². The third kappa shape index (κ3) is 4.75. The number of phenolic OH excluding ortho intramolecular Hbond substituents is 2. The molecule has 2 aromatic carbocycles. The van der Waals surface area contributed by atoms with E-state index in [4.69, 9.17) is 4.79 Å². The fraction of sp³-hybridized carbons (Fsp3) is 0.500. The normalized spacial score (nSPS) is 28.4. The molecule has 4 atom stereocenters. The summed E-state index contributed by atoms with van der Waals surface area (Å²) >= 11 is 0. The molecule has 6 rings (SSSR count). The molecule has 2 saturated heterocycles. The Labute approximate surface area is 232 Å². The maximum atomic E-state index is 11.8. The zero-order valence-electron chi connectivity index (χ0n) is 23.9. The largest absolute Gasteiger partial charge is 0.508 e. The third-order valence-corrected chi connectivity index (χ3v) is 9.12. The van der Waals surface area contributed by atoms with E-state index in [9.17, 15) is 15.0 Å². The number of urea groups is 1. The first-order chi connectivity index (χ1) is 18.4. The summed E-state index contributed by atoms with van der Waals surface area (Å²) in [5.41, 5.74) is 4.67. The van der Waals surface area contributed by atoms with Gasteiger partial charge >= 0.3 is 6.03 Å². The zero-order valence-corrected chi connectivity index (χ0v) is 25.3. The van der Waals surface area contributed by atoms with Crippen LogP contribution in [-0.2, 0) is 15.6 Å². The summed E-state index contributed by atoms with van der Waals surface area (Å²) in [7, 11) is 7.70. The molecule has 2 amide bonds. The number of hydrogen-bond donors (Lipinski definition) is 3. The molecular formula is C28H40N6O4Si. The van der Waals surface area contributed by atoms with Crippen LogP contribution in [0.4, 0.5) is 16.2 Å². The van der Waals surface area contributed by atoms with Gasteiger partial charge in [-0.05, 0) is 67.9 Å². The number of phenols is 2. The first-order valence-electron chi connectivity index (χ1n) is 13.3. The van der Waals surface area contributed by atoms with E-state index in [0.29, 0.717) is 18.5 Å². The van der Waals surface area contributed by atoms with Gasteiger partial charge in [-0.2, -0.15) is 0 Å². The molecule has 2 aromatic rings. The topological polar surface area (TPSA) is 112 Å². The molecule has 0 saturated carbocycles.